The first-order chi connectivity index (χ1) is 13.1. The lowest BCUT2D eigenvalue weighted by atomic mass is 10.0. The summed E-state index contributed by atoms with van der Waals surface area (Å²) in [5, 5.41) is 22.7. The predicted molar refractivity (Wildman–Crippen MR) is 108 cm³/mol. The van der Waals surface area contributed by atoms with E-state index in [1.807, 2.05) is 36.4 Å². The van der Waals surface area contributed by atoms with Crippen molar-refractivity contribution in [2.24, 2.45) is 5.10 Å². The first kappa shape index (κ1) is 17.3. The lowest BCUT2D eigenvalue weighted by Gasteiger charge is -2.04. The average molecular weight is 397 g/mol. The van der Waals surface area contributed by atoms with Gasteiger partial charge in [-0.1, -0.05) is 41.9 Å². The summed E-state index contributed by atoms with van der Waals surface area (Å²) >= 11 is 7.31. The molecule has 0 radical (unpaired) electrons. The number of aromatic amines is 1. The number of phenolic OH excluding ortho intramolecular Hbond substituents is 1. The highest BCUT2D eigenvalue weighted by Gasteiger charge is 2.12. The van der Waals surface area contributed by atoms with E-state index in [9.17, 15) is 9.90 Å². The van der Waals surface area contributed by atoms with Crippen LogP contribution in [-0.2, 0) is 0 Å². The minimum Gasteiger partial charge on any atom is -0.507 e. The van der Waals surface area contributed by atoms with Crippen molar-refractivity contribution in [3.05, 3.63) is 70.2 Å². The van der Waals surface area contributed by atoms with Gasteiger partial charge in [0, 0.05) is 5.56 Å². The second-order valence-electron chi connectivity index (χ2n) is 5.69. The van der Waals surface area contributed by atoms with E-state index in [0.717, 1.165) is 15.6 Å². The minimum absolute atomic E-state index is 0.0864. The third-order valence-electron chi connectivity index (χ3n) is 3.96. The number of halogens is 1. The largest absolute Gasteiger partial charge is 0.507 e. The molecule has 4 aromatic rings. The number of hydrogen-bond acceptors (Lipinski definition) is 5. The second kappa shape index (κ2) is 7.22. The molecular weight excluding hydrogens is 384 g/mol. The van der Waals surface area contributed by atoms with Crippen LogP contribution in [0.2, 0.25) is 4.34 Å². The number of aromatic nitrogens is 2. The zero-order chi connectivity index (χ0) is 18.8. The van der Waals surface area contributed by atoms with Crippen LogP contribution in [0.4, 0.5) is 0 Å². The second-order valence-corrected chi connectivity index (χ2v) is 7.40. The van der Waals surface area contributed by atoms with Gasteiger partial charge in [-0.05, 0) is 35.0 Å². The molecule has 1 amide bonds. The van der Waals surface area contributed by atoms with Gasteiger partial charge in [-0.3, -0.25) is 9.89 Å². The molecule has 0 fully saturated rings. The quantitative estimate of drug-likeness (QED) is 0.352. The van der Waals surface area contributed by atoms with Crippen molar-refractivity contribution in [2.45, 2.75) is 0 Å². The molecule has 27 heavy (non-hydrogen) atoms. The lowest BCUT2D eigenvalue weighted by Crippen LogP contribution is -2.18. The van der Waals surface area contributed by atoms with E-state index in [-0.39, 0.29) is 11.4 Å². The van der Waals surface area contributed by atoms with Crippen LogP contribution in [0, 0.1) is 0 Å². The van der Waals surface area contributed by atoms with Gasteiger partial charge in [0.15, 0.2) is 5.69 Å². The van der Waals surface area contributed by atoms with Crippen molar-refractivity contribution < 1.29 is 9.90 Å². The smallest absolute Gasteiger partial charge is 0.291 e. The fourth-order valence-electron chi connectivity index (χ4n) is 2.66. The predicted octanol–water partition coefficient (Wildman–Crippen LogP) is 4.41. The van der Waals surface area contributed by atoms with Gasteiger partial charge in [0.25, 0.3) is 5.91 Å². The Morgan fingerprint density at radius 1 is 1.22 bits per heavy atom. The van der Waals surface area contributed by atoms with Crippen LogP contribution in [0.15, 0.2) is 59.7 Å². The van der Waals surface area contributed by atoms with Crippen molar-refractivity contribution in [1.82, 2.24) is 15.6 Å². The molecule has 0 bridgehead atoms. The third kappa shape index (κ3) is 3.55. The van der Waals surface area contributed by atoms with Crippen LogP contribution in [0.3, 0.4) is 0 Å². The van der Waals surface area contributed by atoms with Gasteiger partial charge in [-0.15, -0.1) is 11.3 Å². The zero-order valence-electron chi connectivity index (χ0n) is 13.8. The number of amides is 1. The number of nitrogens with one attached hydrogen (secondary N) is 2. The molecule has 0 atom stereocenters. The Hall–Kier alpha value is -3.16. The fraction of sp³-hybridized carbons (Fsp3) is 0. The molecule has 0 saturated carbocycles. The Balaban J connectivity index is 1.52. The Kier molecular flexibility index (Phi) is 4.62. The molecule has 0 saturated heterocycles. The monoisotopic (exact) mass is 396 g/mol. The molecule has 8 heteroatoms. The average Bonchev–Trinajstić information content (AvgIpc) is 3.32. The van der Waals surface area contributed by atoms with Crippen molar-refractivity contribution in [3.8, 4) is 16.3 Å². The van der Waals surface area contributed by atoms with Crippen molar-refractivity contribution >= 4 is 45.8 Å². The van der Waals surface area contributed by atoms with Gasteiger partial charge in [-0.2, -0.15) is 10.2 Å². The number of nitrogens with zero attached hydrogens (tertiary/aromatic N) is 2. The molecule has 0 aliphatic carbocycles. The van der Waals surface area contributed by atoms with E-state index < -0.39 is 5.91 Å². The Labute approximate surface area is 163 Å². The van der Waals surface area contributed by atoms with E-state index >= 15 is 0 Å². The molecule has 0 aliphatic rings. The van der Waals surface area contributed by atoms with E-state index in [0.29, 0.717) is 15.6 Å². The number of carbonyl (C=O) groups is 1. The van der Waals surface area contributed by atoms with Gasteiger partial charge in [0.05, 0.1) is 21.1 Å². The van der Waals surface area contributed by atoms with Gasteiger partial charge in [0.1, 0.15) is 5.75 Å². The van der Waals surface area contributed by atoms with Crippen LogP contribution in [0.5, 0.6) is 5.75 Å². The topological polar surface area (TPSA) is 90.4 Å². The number of benzene rings is 2. The maximum atomic E-state index is 12.2. The summed E-state index contributed by atoms with van der Waals surface area (Å²) in [5.74, 6) is -0.376. The molecule has 4 rings (SSSR count). The number of H-pyrrole nitrogens is 1. The molecule has 0 aliphatic heterocycles. The summed E-state index contributed by atoms with van der Waals surface area (Å²) in [4.78, 5) is 13.1. The maximum absolute atomic E-state index is 12.2. The van der Waals surface area contributed by atoms with Gasteiger partial charge >= 0.3 is 0 Å². The molecule has 134 valence electrons. The Bertz CT molecular complexity index is 1170. The number of hydrogen-bond donors (Lipinski definition) is 3. The van der Waals surface area contributed by atoms with Crippen LogP contribution in [0.25, 0.3) is 21.3 Å². The van der Waals surface area contributed by atoms with E-state index in [4.69, 9.17) is 11.6 Å². The number of thiophene rings is 1. The van der Waals surface area contributed by atoms with Crippen molar-refractivity contribution in [3.63, 3.8) is 0 Å². The molecule has 3 N–H and O–H groups in total. The molecule has 0 spiro atoms. The summed E-state index contributed by atoms with van der Waals surface area (Å²) in [7, 11) is 0. The van der Waals surface area contributed by atoms with Gasteiger partial charge in [0.2, 0.25) is 0 Å². The maximum Gasteiger partial charge on any atom is 0.291 e. The number of fused-ring (bicyclic) bond motifs is 1. The SMILES string of the molecule is O=C(N/N=C\c1c(O)ccc2ccccc12)c1cc(-c2ccc(Cl)s2)[nH]n1. The highest BCUT2D eigenvalue weighted by atomic mass is 35.5. The van der Waals surface area contributed by atoms with Crippen LogP contribution < -0.4 is 5.43 Å². The fourth-order valence-corrected chi connectivity index (χ4v) is 3.66. The van der Waals surface area contributed by atoms with Crippen LogP contribution in [0.1, 0.15) is 16.1 Å². The number of rotatable bonds is 4. The highest BCUT2D eigenvalue weighted by Crippen LogP contribution is 2.30. The van der Waals surface area contributed by atoms with E-state index in [1.165, 1.54) is 17.6 Å². The zero-order valence-corrected chi connectivity index (χ0v) is 15.4. The Morgan fingerprint density at radius 2 is 2.07 bits per heavy atom. The number of phenols is 1. The molecular formula is C19H13ClN4O2S. The number of hydrazone groups is 1. The Morgan fingerprint density at radius 3 is 2.89 bits per heavy atom. The summed E-state index contributed by atoms with van der Waals surface area (Å²) < 4.78 is 0.657. The normalized spacial score (nSPS) is 11.3. The summed E-state index contributed by atoms with van der Waals surface area (Å²) in [6, 6.07) is 16.3. The summed E-state index contributed by atoms with van der Waals surface area (Å²) in [6.45, 7) is 0. The van der Waals surface area contributed by atoms with Crippen molar-refractivity contribution in [1.29, 1.82) is 0 Å². The van der Waals surface area contributed by atoms with Gasteiger partial charge in [-0.25, -0.2) is 5.43 Å². The van der Waals surface area contributed by atoms with Crippen molar-refractivity contribution in [2.75, 3.05) is 0 Å². The van der Waals surface area contributed by atoms with Crippen LogP contribution in [-0.4, -0.2) is 27.4 Å². The van der Waals surface area contributed by atoms with Gasteiger partial charge < -0.3 is 5.11 Å². The molecule has 2 heterocycles. The number of aromatic hydroxyl groups is 1. The first-order valence-corrected chi connectivity index (χ1v) is 9.16. The molecule has 2 aromatic heterocycles. The van der Waals surface area contributed by atoms with Crippen LogP contribution >= 0.6 is 22.9 Å². The summed E-state index contributed by atoms with van der Waals surface area (Å²) in [5.41, 5.74) is 3.86. The van der Waals surface area contributed by atoms with E-state index in [2.05, 4.69) is 20.7 Å². The lowest BCUT2D eigenvalue weighted by molar-refractivity contribution is 0.0950. The number of carbonyl (C=O) groups excluding carboxylic acids is 1. The summed E-state index contributed by atoms with van der Waals surface area (Å²) in [6.07, 6.45) is 1.42. The minimum atomic E-state index is -0.462. The van der Waals surface area contributed by atoms with E-state index in [1.54, 1.807) is 18.2 Å². The molecule has 0 unspecified atom stereocenters. The molecule has 6 nitrogen and oxygen atoms in total. The first-order valence-electron chi connectivity index (χ1n) is 7.97. The highest BCUT2D eigenvalue weighted by molar-refractivity contribution is 7.19. The molecule has 2 aromatic carbocycles. The third-order valence-corrected chi connectivity index (χ3v) is 5.22. The standard InChI is InChI=1S/C19H13ClN4O2S/c20-18-8-7-17(27-18)14-9-15(23-22-14)19(26)24-21-10-13-12-4-2-1-3-11(12)5-6-16(13)25/h1-10,25H,(H,22,23)(H,24,26)/b21-10-.